The van der Waals surface area contributed by atoms with Crippen molar-refractivity contribution in [2.45, 2.75) is 51.0 Å². The maximum Gasteiger partial charge on any atom is 0.241 e. The van der Waals surface area contributed by atoms with E-state index in [4.69, 9.17) is 11.6 Å². The van der Waals surface area contributed by atoms with Crippen molar-refractivity contribution in [2.24, 2.45) is 5.92 Å². The average molecular weight is 492 g/mol. The number of hydrogen-bond donors (Lipinski definition) is 2. The summed E-state index contributed by atoms with van der Waals surface area (Å²) in [4.78, 5) is 26.3. The Labute approximate surface area is 200 Å². The number of carbonyl (C=O) groups excluding carboxylic acids is 2. The standard InChI is InChI=1S/C24H30ClN3O4S/c1-16(2)14-22(24(30)26-12-10-18-4-6-20(25)7-5-18)27-33(31,32)21-8-9-23-19(15-21)11-13-28(23)17(3)29/h4-9,15-16,22,27H,10-14H2,1-3H3,(H,26,30)/t22-/m1/s1. The quantitative estimate of drug-likeness (QED) is 0.562. The van der Waals surface area contributed by atoms with Crippen molar-refractivity contribution in [1.82, 2.24) is 10.0 Å². The molecule has 1 aliphatic rings. The fourth-order valence-corrected chi connectivity index (χ4v) is 5.30. The minimum Gasteiger partial charge on any atom is -0.354 e. The van der Waals surface area contributed by atoms with Crippen LogP contribution in [0.15, 0.2) is 47.4 Å². The first-order valence-electron chi connectivity index (χ1n) is 11.0. The van der Waals surface area contributed by atoms with Gasteiger partial charge in [-0.15, -0.1) is 0 Å². The first-order valence-corrected chi connectivity index (χ1v) is 12.9. The number of rotatable bonds is 9. The lowest BCUT2D eigenvalue weighted by atomic mass is 10.0. The summed E-state index contributed by atoms with van der Waals surface area (Å²) >= 11 is 5.90. The van der Waals surface area contributed by atoms with Gasteiger partial charge in [0.15, 0.2) is 0 Å². The maximum atomic E-state index is 13.1. The second-order valence-corrected chi connectivity index (χ2v) is 10.8. The lowest BCUT2D eigenvalue weighted by Gasteiger charge is -2.21. The van der Waals surface area contributed by atoms with Crippen molar-refractivity contribution in [2.75, 3.05) is 18.0 Å². The van der Waals surface area contributed by atoms with Gasteiger partial charge in [0, 0.05) is 30.7 Å². The van der Waals surface area contributed by atoms with Crippen molar-refractivity contribution in [3.05, 3.63) is 58.6 Å². The number of sulfonamides is 1. The molecule has 0 bridgehead atoms. The van der Waals surface area contributed by atoms with E-state index in [1.807, 2.05) is 26.0 Å². The SMILES string of the molecule is CC(=O)N1CCc2cc(S(=O)(=O)N[C@H](CC(C)C)C(=O)NCCc3ccc(Cl)cc3)ccc21. The second kappa shape index (κ2) is 10.7. The normalized spacial score (nSPS) is 14.3. The molecule has 33 heavy (non-hydrogen) atoms. The third-order valence-electron chi connectivity index (χ3n) is 5.58. The molecule has 9 heteroatoms. The topological polar surface area (TPSA) is 95.6 Å². The fourth-order valence-electron chi connectivity index (χ4n) is 3.91. The van der Waals surface area contributed by atoms with Crippen LogP contribution in [-0.2, 0) is 32.5 Å². The molecular formula is C24H30ClN3O4S. The second-order valence-electron chi connectivity index (χ2n) is 8.68. The van der Waals surface area contributed by atoms with Crippen LogP contribution in [0.25, 0.3) is 0 Å². The number of halogens is 1. The van der Waals surface area contributed by atoms with Crippen molar-refractivity contribution in [3.8, 4) is 0 Å². The Morgan fingerprint density at radius 3 is 2.45 bits per heavy atom. The molecule has 0 fully saturated rings. The lowest BCUT2D eigenvalue weighted by Crippen LogP contribution is -2.47. The van der Waals surface area contributed by atoms with Crippen LogP contribution in [0, 0.1) is 5.92 Å². The van der Waals surface area contributed by atoms with Gasteiger partial charge in [-0.3, -0.25) is 9.59 Å². The lowest BCUT2D eigenvalue weighted by molar-refractivity contribution is -0.123. The molecule has 0 saturated carbocycles. The Morgan fingerprint density at radius 2 is 1.82 bits per heavy atom. The molecule has 0 radical (unpaired) electrons. The summed E-state index contributed by atoms with van der Waals surface area (Å²) < 4.78 is 28.8. The zero-order valence-electron chi connectivity index (χ0n) is 19.1. The maximum absolute atomic E-state index is 13.1. The highest BCUT2D eigenvalue weighted by atomic mass is 35.5. The molecule has 1 atom stereocenters. The molecule has 2 aromatic carbocycles. The molecule has 1 heterocycles. The summed E-state index contributed by atoms with van der Waals surface area (Å²) in [5.74, 6) is -0.316. The Morgan fingerprint density at radius 1 is 1.12 bits per heavy atom. The molecule has 0 saturated heterocycles. The van der Waals surface area contributed by atoms with Gasteiger partial charge < -0.3 is 10.2 Å². The highest BCUT2D eigenvalue weighted by molar-refractivity contribution is 7.89. The molecule has 0 aliphatic carbocycles. The van der Waals surface area contributed by atoms with Gasteiger partial charge in [0.25, 0.3) is 0 Å². The number of nitrogens with one attached hydrogen (secondary N) is 2. The summed E-state index contributed by atoms with van der Waals surface area (Å²) in [6.07, 6.45) is 1.58. The predicted molar refractivity (Wildman–Crippen MR) is 130 cm³/mol. The van der Waals surface area contributed by atoms with E-state index in [-0.39, 0.29) is 22.6 Å². The van der Waals surface area contributed by atoms with Gasteiger partial charge in [0.05, 0.1) is 4.90 Å². The predicted octanol–water partition coefficient (Wildman–Crippen LogP) is 3.30. The van der Waals surface area contributed by atoms with Crippen LogP contribution in [-0.4, -0.2) is 39.4 Å². The number of fused-ring (bicyclic) bond motifs is 1. The van der Waals surface area contributed by atoms with E-state index in [1.54, 1.807) is 29.2 Å². The largest absolute Gasteiger partial charge is 0.354 e. The molecule has 178 valence electrons. The van der Waals surface area contributed by atoms with Gasteiger partial charge >= 0.3 is 0 Å². The molecule has 7 nitrogen and oxygen atoms in total. The molecular weight excluding hydrogens is 462 g/mol. The highest BCUT2D eigenvalue weighted by Crippen LogP contribution is 2.30. The Hall–Kier alpha value is -2.42. The van der Waals surface area contributed by atoms with Crippen molar-refractivity contribution < 1.29 is 18.0 Å². The van der Waals surface area contributed by atoms with Gasteiger partial charge in [-0.1, -0.05) is 37.6 Å². The van der Waals surface area contributed by atoms with Crippen molar-refractivity contribution >= 4 is 39.1 Å². The van der Waals surface area contributed by atoms with Crippen LogP contribution in [0.4, 0.5) is 5.69 Å². The Bertz CT molecular complexity index is 1120. The molecule has 0 spiro atoms. The minimum absolute atomic E-state index is 0.0743. The van der Waals surface area contributed by atoms with Crippen LogP contribution in [0.3, 0.4) is 0 Å². The Kier molecular flexibility index (Phi) is 8.15. The van der Waals surface area contributed by atoms with Gasteiger partial charge in [-0.25, -0.2) is 8.42 Å². The molecule has 0 aromatic heterocycles. The monoisotopic (exact) mass is 491 g/mol. The van der Waals surface area contributed by atoms with Crippen LogP contribution in [0.5, 0.6) is 0 Å². The van der Waals surface area contributed by atoms with E-state index >= 15 is 0 Å². The number of amides is 2. The molecule has 1 aliphatic heterocycles. The summed E-state index contributed by atoms with van der Waals surface area (Å²) in [6.45, 7) is 6.29. The number of benzene rings is 2. The zero-order chi connectivity index (χ0) is 24.2. The van der Waals surface area contributed by atoms with Crippen LogP contribution in [0.1, 0.15) is 38.3 Å². The van der Waals surface area contributed by atoms with Gasteiger partial charge in [-0.05, 0) is 66.6 Å². The van der Waals surface area contributed by atoms with E-state index in [0.717, 1.165) is 16.8 Å². The molecule has 2 aromatic rings. The van der Waals surface area contributed by atoms with E-state index in [2.05, 4.69) is 10.0 Å². The van der Waals surface area contributed by atoms with Crippen LogP contribution in [0.2, 0.25) is 5.02 Å². The van der Waals surface area contributed by atoms with Crippen molar-refractivity contribution in [3.63, 3.8) is 0 Å². The molecule has 2 N–H and O–H groups in total. The summed E-state index contributed by atoms with van der Waals surface area (Å²) in [6, 6.07) is 11.2. The third kappa shape index (κ3) is 6.56. The summed E-state index contributed by atoms with van der Waals surface area (Å²) in [5.41, 5.74) is 2.57. The van der Waals surface area contributed by atoms with Crippen molar-refractivity contribution in [1.29, 1.82) is 0 Å². The number of anilines is 1. The summed E-state index contributed by atoms with van der Waals surface area (Å²) in [7, 11) is -3.92. The molecule has 3 rings (SSSR count). The number of carbonyl (C=O) groups is 2. The van der Waals surface area contributed by atoms with E-state index in [9.17, 15) is 18.0 Å². The average Bonchev–Trinajstić information content (AvgIpc) is 3.18. The van der Waals surface area contributed by atoms with Gasteiger partial charge in [-0.2, -0.15) is 4.72 Å². The van der Waals surface area contributed by atoms with Gasteiger partial charge in [0.1, 0.15) is 6.04 Å². The van der Waals surface area contributed by atoms with Crippen LogP contribution >= 0.6 is 11.6 Å². The third-order valence-corrected chi connectivity index (χ3v) is 7.31. The number of hydrogen-bond acceptors (Lipinski definition) is 4. The Balaban J connectivity index is 1.69. The number of nitrogens with zero attached hydrogens (tertiary/aromatic N) is 1. The molecule has 2 amide bonds. The van der Waals surface area contributed by atoms with E-state index in [0.29, 0.717) is 37.4 Å². The van der Waals surface area contributed by atoms with Gasteiger partial charge in [0.2, 0.25) is 21.8 Å². The van der Waals surface area contributed by atoms with Crippen LogP contribution < -0.4 is 14.9 Å². The minimum atomic E-state index is -3.92. The highest BCUT2D eigenvalue weighted by Gasteiger charge is 2.29. The van der Waals surface area contributed by atoms with E-state index in [1.165, 1.54) is 13.0 Å². The fraction of sp³-hybridized carbons (Fsp3) is 0.417. The molecule has 0 unspecified atom stereocenters. The first-order chi connectivity index (χ1) is 15.6. The van der Waals surface area contributed by atoms with E-state index < -0.39 is 16.1 Å². The smallest absolute Gasteiger partial charge is 0.241 e. The summed E-state index contributed by atoms with van der Waals surface area (Å²) in [5, 5.41) is 3.49. The first kappa shape index (κ1) is 25.2. The zero-order valence-corrected chi connectivity index (χ0v) is 20.7.